The first-order chi connectivity index (χ1) is 8.97. The molecule has 0 fully saturated rings. The van der Waals surface area contributed by atoms with Crippen molar-refractivity contribution in [3.63, 3.8) is 0 Å². The van der Waals surface area contributed by atoms with Crippen molar-refractivity contribution >= 4 is 21.6 Å². The lowest BCUT2D eigenvalue weighted by Crippen LogP contribution is -2.08. The van der Waals surface area contributed by atoms with Crippen molar-refractivity contribution in [2.45, 2.75) is 33.7 Å². The zero-order valence-electron chi connectivity index (χ0n) is 11.9. The van der Waals surface area contributed by atoms with Gasteiger partial charge >= 0.3 is 0 Å². The lowest BCUT2D eigenvalue weighted by atomic mass is 10.00. The predicted octanol–water partition coefficient (Wildman–Crippen LogP) is 5.55. The van der Waals surface area contributed by atoms with Gasteiger partial charge in [-0.15, -0.1) is 0 Å². The molecule has 19 heavy (non-hydrogen) atoms. The van der Waals surface area contributed by atoms with E-state index in [1.165, 1.54) is 22.3 Å². The molecule has 1 N–H and O–H groups in total. The molecule has 0 saturated heterocycles. The van der Waals surface area contributed by atoms with E-state index < -0.39 is 0 Å². The molecule has 0 amide bonds. The molecule has 0 aromatic heterocycles. The molecule has 2 heteroatoms. The Labute approximate surface area is 124 Å². The summed E-state index contributed by atoms with van der Waals surface area (Å²) < 4.78 is 1.11. The summed E-state index contributed by atoms with van der Waals surface area (Å²) in [7, 11) is 0. The van der Waals surface area contributed by atoms with Crippen LogP contribution in [0.4, 0.5) is 5.69 Å². The van der Waals surface area contributed by atoms with Crippen molar-refractivity contribution in [2.24, 2.45) is 0 Å². The average molecular weight is 318 g/mol. The summed E-state index contributed by atoms with van der Waals surface area (Å²) in [6.07, 6.45) is 0. The third kappa shape index (κ3) is 3.38. The van der Waals surface area contributed by atoms with Crippen LogP contribution in [0.3, 0.4) is 0 Å². The van der Waals surface area contributed by atoms with E-state index in [4.69, 9.17) is 0 Å². The van der Waals surface area contributed by atoms with Crippen LogP contribution in [0.25, 0.3) is 0 Å². The van der Waals surface area contributed by atoms with E-state index >= 15 is 0 Å². The first-order valence-corrected chi connectivity index (χ1v) is 7.36. The van der Waals surface area contributed by atoms with Crippen molar-refractivity contribution in [3.05, 3.63) is 63.1 Å². The molecule has 1 atom stereocenters. The summed E-state index contributed by atoms with van der Waals surface area (Å²) in [5.41, 5.74) is 6.39. The van der Waals surface area contributed by atoms with Gasteiger partial charge in [0.1, 0.15) is 0 Å². The van der Waals surface area contributed by atoms with Crippen molar-refractivity contribution in [1.82, 2.24) is 0 Å². The summed E-state index contributed by atoms with van der Waals surface area (Å²) >= 11 is 3.62. The Kier molecular flexibility index (Phi) is 4.31. The van der Waals surface area contributed by atoms with Gasteiger partial charge in [-0.2, -0.15) is 0 Å². The minimum absolute atomic E-state index is 0.291. The van der Waals surface area contributed by atoms with E-state index in [0.717, 1.165) is 10.2 Å². The summed E-state index contributed by atoms with van der Waals surface area (Å²) in [6.45, 7) is 8.60. The average Bonchev–Trinajstić information content (AvgIpc) is 2.32. The molecule has 0 saturated carbocycles. The second-order valence-electron chi connectivity index (χ2n) is 5.21. The van der Waals surface area contributed by atoms with Gasteiger partial charge in [-0.3, -0.25) is 0 Å². The lowest BCUT2D eigenvalue weighted by molar-refractivity contribution is 0.872. The van der Waals surface area contributed by atoms with Gasteiger partial charge in [-0.1, -0.05) is 29.8 Å². The monoisotopic (exact) mass is 317 g/mol. The van der Waals surface area contributed by atoms with Gasteiger partial charge in [-0.25, -0.2) is 0 Å². The summed E-state index contributed by atoms with van der Waals surface area (Å²) in [5, 5.41) is 3.57. The smallest absolute Gasteiger partial charge is 0.0489 e. The first kappa shape index (κ1) is 14.1. The predicted molar refractivity (Wildman–Crippen MR) is 86.8 cm³/mol. The highest BCUT2D eigenvalue weighted by Crippen LogP contribution is 2.28. The van der Waals surface area contributed by atoms with Crippen LogP contribution in [0.5, 0.6) is 0 Å². The standard InChI is InChI=1S/C17H20BrN/c1-11-5-7-15(13(3)9-11)14(4)19-17-8-6-12(2)10-16(17)18/h5-10,14,19H,1-4H3. The highest BCUT2D eigenvalue weighted by molar-refractivity contribution is 9.10. The molecule has 0 bridgehead atoms. The number of rotatable bonds is 3. The van der Waals surface area contributed by atoms with Gasteiger partial charge in [0.05, 0.1) is 0 Å². The van der Waals surface area contributed by atoms with Crippen LogP contribution in [0.15, 0.2) is 40.9 Å². The number of hydrogen-bond donors (Lipinski definition) is 1. The van der Waals surface area contributed by atoms with E-state index in [9.17, 15) is 0 Å². The summed E-state index contributed by atoms with van der Waals surface area (Å²) in [5.74, 6) is 0. The molecule has 0 heterocycles. The van der Waals surface area contributed by atoms with Crippen LogP contribution >= 0.6 is 15.9 Å². The maximum atomic E-state index is 3.62. The molecule has 1 nitrogen and oxygen atoms in total. The van der Waals surface area contributed by atoms with Gasteiger partial charge in [0, 0.05) is 16.2 Å². The van der Waals surface area contributed by atoms with Gasteiger partial charge in [0.15, 0.2) is 0 Å². The Morgan fingerprint density at radius 2 is 1.58 bits per heavy atom. The van der Waals surface area contributed by atoms with Crippen LogP contribution in [0, 0.1) is 20.8 Å². The van der Waals surface area contributed by atoms with Gasteiger partial charge < -0.3 is 5.32 Å². The largest absolute Gasteiger partial charge is 0.378 e. The highest BCUT2D eigenvalue weighted by Gasteiger charge is 2.10. The summed E-state index contributed by atoms with van der Waals surface area (Å²) in [4.78, 5) is 0. The van der Waals surface area contributed by atoms with Crippen LogP contribution in [-0.2, 0) is 0 Å². The van der Waals surface area contributed by atoms with Crippen LogP contribution in [0.2, 0.25) is 0 Å². The van der Waals surface area contributed by atoms with E-state index in [1.54, 1.807) is 0 Å². The normalized spacial score (nSPS) is 12.3. The van der Waals surface area contributed by atoms with Gasteiger partial charge in [0.2, 0.25) is 0 Å². The number of benzene rings is 2. The quantitative estimate of drug-likeness (QED) is 0.782. The molecule has 0 aliphatic heterocycles. The molecule has 0 radical (unpaired) electrons. The van der Waals surface area contributed by atoms with Gasteiger partial charge in [0.25, 0.3) is 0 Å². The topological polar surface area (TPSA) is 12.0 Å². The zero-order valence-corrected chi connectivity index (χ0v) is 13.5. The number of halogens is 1. The molecule has 0 spiro atoms. The van der Waals surface area contributed by atoms with Crippen LogP contribution < -0.4 is 5.32 Å². The maximum absolute atomic E-state index is 3.62. The van der Waals surface area contributed by atoms with Crippen LogP contribution in [0.1, 0.15) is 35.2 Å². The number of aryl methyl sites for hydroxylation is 3. The van der Waals surface area contributed by atoms with Gasteiger partial charge in [-0.05, 0) is 72.4 Å². The van der Waals surface area contributed by atoms with Crippen molar-refractivity contribution in [3.8, 4) is 0 Å². The second-order valence-corrected chi connectivity index (χ2v) is 6.06. The number of nitrogens with one attached hydrogen (secondary N) is 1. The molecule has 2 aromatic rings. The highest BCUT2D eigenvalue weighted by atomic mass is 79.9. The SMILES string of the molecule is Cc1ccc(C(C)Nc2ccc(C)cc2Br)c(C)c1. The fourth-order valence-corrected chi connectivity index (χ4v) is 2.97. The van der Waals surface area contributed by atoms with Crippen molar-refractivity contribution < 1.29 is 0 Å². The van der Waals surface area contributed by atoms with Crippen molar-refractivity contribution in [1.29, 1.82) is 0 Å². The van der Waals surface area contributed by atoms with E-state index in [1.807, 2.05) is 0 Å². The molecule has 0 aliphatic carbocycles. The third-order valence-corrected chi connectivity index (χ3v) is 4.04. The first-order valence-electron chi connectivity index (χ1n) is 6.57. The molecule has 1 unspecified atom stereocenters. The number of anilines is 1. The molecule has 100 valence electrons. The Balaban J connectivity index is 2.23. The van der Waals surface area contributed by atoms with E-state index in [-0.39, 0.29) is 0 Å². The summed E-state index contributed by atoms with van der Waals surface area (Å²) in [6, 6.07) is 13.3. The Bertz CT molecular complexity index is 590. The maximum Gasteiger partial charge on any atom is 0.0489 e. The minimum Gasteiger partial charge on any atom is -0.378 e. The Hall–Kier alpha value is -1.28. The zero-order chi connectivity index (χ0) is 14.0. The van der Waals surface area contributed by atoms with Crippen LogP contribution in [-0.4, -0.2) is 0 Å². The Morgan fingerprint density at radius 3 is 2.21 bits per heavy atom. The lowest BCUT2D eigenvalue weighted by Gasteiger charge is -2.19. The Morgan fingerprint density at radius 1 is 0.947 bits per heavy atom. The fourth-order valence-electron chi connectivity index (χ4n) is 2.36. The molecular formula is C17H20BrN. The second kappa shape index (κ2) is 5.79. The molecule has 0 aliphatic rings. The molecule has 2 rings (SSSR count). The minimum atomic E-state index is 0.291. The third-order valence-electron chi connectivity index (χ3n) is 3.39. The number of hydrogen-bond acceptors (Lipinski definition) is 1. The van der Waals surface area contributed by atoms with E-state index in [2.05, 4.69) is 85.3 Å². The van der Waals surface area contributed by atoms with E-state index in [0.29, 0.717) is 6.04 Å². The van der Waals surface area contributed by atoms with Crippen molar-refractivity contribution in [2.75, 3.05) is 5.32 Å². The fraction of sp³-hybridized carbons (Fsp3) is 0.294. The molecular weight excluding hydrogens is 298 g/mol. The molecule has 2 aromatic carbocycles.